The third-order valence-corrected chi connectivity index (χ3v) is 4.36. The highest BCUT2D eigenvalue weighted by atomic mass is 32.2. The minimum absolute atomic E-state index is 0.0600. The van der Waals surface area contributed by atoms with Crippen LogP contribution in [0.15, 0.2) is 35.7 Å². The van der Waals surface area contributed by atoms with E-state index in [4.69, 9.17) is 5.11 Å². The number of hydrogen-bond donors (Lipinski definition) is 1. The van der Waals surface area contributed by atoms with Crippen LogP contribution in [-0.4, -0.2) is 52.4 Å². The van der Waals surface area contributed by atoms with E-state index in [0.717, 1.165) is 4.31 Å². The number of carboxylic acids is 1. The zero-order valence-corrected chi connectivity index (χ0v) is 11.6. The highest BCUT2D eigenvalue weighted by Crippen LogP contribution is 2.14. The maximum absolute atomic E-state index is 11.9. The zero-order chi connectivity index (χ0) is 14.9. The third kappa shape index (κ3) is 2.53. The van der Waals surface area contributed by atoms with E-state index in [2.05, 4.69) is 9.97 Å². The SMILES string of the molecule is CN(C)S(=O)(=O)c1ccc(-n2cnc(C(=O)O)c2)nc1. The fourth-order valence-electron chi connectivity index (χ4n) is 1.45. The summed E-state index contributed by atoms with van der Waals surface area (Å²) in [4.78, 5) is 18.5. The largest absolute Gasteiger partial charge is 0.476 e. The van der Waals surface area contributed by atoms with Gasteiger partial charge in [0.1, 0.15) is 17.0 Å². The van der Waals surface area contributed by atoms with Crippen molar-refractivity contribution in [1.82, 2.24) is 18.8 Å². The van der Waals surface area contributed by atoms with Crippen LogP contribution < -0.4 is 0 Å². The van der Waals surface area contributed by atoms with E-state index in [1.807, 2.05) is 0 Å². The lowest BCUT2D eigenvalue weighted by Gasteiger charge is -2.11. The van der Waals surface area contributed by atoms with Crippen molar-refractivity contribution in [3.63, 3.8) is 0 Å². The first-order valence-corrected chi connectivity index (χ1v) is 6.92. The Hall–Kier alpha value is -2.26. The van der Waals surface area contributed by atoms with Gasteiger partial charge in [-0.15, -0.1) is 0 Å². The van der Waals surface area contributed by atoms with Crippen LogP contribution in [0.4, 0.5) is 0 Å². The first-order valence-electron chi connectivity index (χ1n) is 5.48. The lowest BCUT2D eigenvalue weighted by molar-refractivity contribution is 0.0691. The van der Waals surface area contributed by atoms with E-state index in [9.17, 15) is 13.2 Å². The lowest BCUT2D eigenvalue weighted by Crippen LogP contribution is -2.22. The van der Waals surface area contributed by atoms with Crippen LogP contribution in [0.1, 0.15) is 10.5 Å². The maximum Gasteiger partial charge on any atom is 0.356 e. The molecule has 2 rings (SSSR count). The number of imidazole rings is 1. The van der Waals surface area contributed by atoms with Crippen LogP contribution >= 0.6 is 0 Å². The second-order valence-electron chi connectivity index (χ2n) is 4.11. The Bertz CT molecular complexity index is 734. The second kappa shape index (κ2) is 5.02. The van der Waals surface area contributed by atoms with Gasteiger partial charge in [-0.3, -0.25) is 4.57 Å². The molecule has 2 aromatic rings. The monoisotopic (exact) mass is 296 g/mol. The van der Waals surface area contributed by atoms with Crippen LogP contribution in [0, 0.1) is 0 Å². The number of sulfonamides is 1. The Morgan fingerprint density at radius 3 is 2.45 bits per heavy atom. The van der Waals surface area contributed by atoms with Crippen molar-refractivity contribution in [1.29, 1.82) is 0 Å². The van der Waals surface area contributed by atoms with Crippen molar-refractivity contribution in [3.8, 4) is 5.82 Å². The smallest absolute Gasteiger partial charge is 0.356 e. The minimum Gasteiger partial charge on any atom is -0.476 e. The molecule has 1 N–H and O–H groups in total. The van der Waals surface area contributed by atoms with E-state index >= 15 is 0 Å². The first-order chi connectivity index (χ1) is 9.32. The van der Waals surface area contributed by atoms with Gasteiger partial charge in [0.05, 0.1) is 0 Å². The molecule has 0 radical (unpaired) electrons. The predicted molar refractivity (Wildman–Crippen MR) is 69.2 cm³/mol. The number of aromatic carboxylic acids is 1. The number of hydrogen-bond acceptors (Lipinski definition) is 5. The van der Waals surface area contributed by atoms with Gasteiger partial charge in [0.2, 0.25) is 10.0 Å². The second-order valence-corrected chi connectivity index (χ2v) is 6.26. The molecule has 0 atom stereocenters. The molecule has 0 amide bonds. The van der Waals surface area contributed by atoms with Gasteiger partial charge in [-0.25, -0.2) is 27.5 Å². The summed E-state index contributed by atoms with van der Waals surface area (Å²) in [5.74, 6) is -0.765. The van der Waals surface area contributed by atoms with Crippen LogP contribution in [0.25, 0.3) is 5.82 Å². The van der Waals surface area contributed by atoms with Gasteiger partial charge in [-0.05, 0) is 12.1 Å². The van der Waals surface area contributed by atoms with Gasteiger partial charge in [0, 0.05) is 26.5 Å². The third-order valence-electron chi connectivity index (χ3n) is 2.57. The average molecular weight is 296 g/mol. The summed E-state index contributed by atoms with van der Waals surface area (Å²) in [6.07, 6.45) is 3.81. The summed E-state index contributed by atoms with van der Waals surface area (Å²) in [6, 6.07) is 2.88. The molecule has 0 fully saturated rings. The topological polar surface area (TPSA) is 105 Å². The van der Waals surface area contributed by atoms with Crippen molar-refractivity contribution in [2.24, 2.45) is 0 Å². The molecule has 0 aliphatic heterocycles. The molecule has 0 aromatic carbocycles. The lowest BCUT2D eigenvalue weighted by atomic mass is 10.4. The number of nitrogens with zero attached hydrogens (tertiary/aromatic N) is 4. The Kier molecular flexibility index (Phi) is 3.55. The highest BCUT2D eigenvalue weighted by Gasteiger charge is 2.17. The van der Waals surface area contributed by atoms with Gasteiger partial charge in [0.15, 0.2) is 5.69 Å². The summed E-state index contributed by atoms with van der Waals surface area (Å²) >= 11 is 0. The quantitative estimate of drug-likeness (QED) is 0.865. The molecule has 106 valence electrons. The van der Waals surface area contributed by atoms with Crippen LogP contribution in [0.5, 0.6) is 0 Å². The van der Waals surface area contributed by atoms with Crippen LogP contribution in [0.3, 0.4) is 0 Å². The Morgan fingerprint density at radius 2 is 2.00 bits per heavy atom. The molecule has 2 heterocycles. The van der Waals surface area contributed by atoms with E-state index in [1.54, 1.807) is 0 Å². The molecule has 9 heteroatoms. The van der Waals surface area contributed by atoms with E-state index in [1.165, 1.54) is 49.5 Å². The molecule has 8 nitrogen and oxygen atoms in total. The van der Waals surface area contributed by atoms with Crippen molar-refractivity contribution >= 4 is 16.0 Å². The Balaban J connectivity index is 2.35. The Morgan fingerprint density at radius 1 is 1.30 bits per heavy atom. The van der Waals surface area contributed by atoms with E-state index in [0.29, 0.717) is 5.82 Å². The van der Waals surface area contributed by atoms with Gasteiger partial charge in [-0.2, -0.15) is 0 Å². The molecular formula is C11H12N4O4S. The van der Waals surface area contributed by atoms with Crippen molar-refractivity contribution in [3.05, 3.63) is 36.5 Å². The molecule has 0 unspecified atom stereocenters. The summed E-state index contributed by atoms with van der Waals surface area (Å²) in [6.45, 7) is 0. The van der Waals surface area contributed by atoms with Crippen LogP contribution in [-0.2, 0) is 10.0 Å². The van der Waals surface area contributed by atoms with Crippen molar-refractivity contribution in [2.75, 3.05) is 14.1 Å². The van der Waals surface area contributed by atoms with Gasteiger partial charge in [-0.1, -0.05) is 0 Å². The number of rotatable bonds is 4. The average Bonchev–Trinajstić information content (AvgIpc) is 2.88. The molecule has 20 heavy (non-hydrogen) atoms. The van der Waals surface area contributed by atoms with Crippen molar-refractivity contribution in [2.45, 2.75) is 4.90 Å². The molecule has 0 saturated carbocycles. The number of pyridine rings is 1. The molecule has 2 aromatic heterocycles. The van der Waals surface area contributed by atoms with Gasteiger partial charge in [0.25, 0.3) is 0 Å². The van der Waals surface area contributed by atoms with E-state index < -0.39 is 16.0 Å². The first kappa shape index (κ1) is 14.2. The fourth-order valence-corrected chi connectivity index (χ4v) is 2.29. The summed E-state index contributed by atoms with van der Waals surface area (Å²) in [5.41, 5.74) is -0.114. The normalized spacial score (nSPS) is 11.8. The van der Waals surface area contributed by atoms with Gasteiger partial charge < -0.3 is 5.11 Å². The Labute approximate surface area is 115 Å². The number of aromatic nitrogens is 3. The minimum atomic E-state index is -3.53. The van der Waals surface area contributed by atoms with Gasteiger partial charge >= 0.3 is 5.97 Å². The number of carboxylic acid groups (broad SMARTS) is 1. The molecular weight excluding hydrogens is 284 g/mol. The summed E-state index contributed by atoms with van der Waals surface area (Å²) in [5, 5.41) is 8.78. The molecule has 0 aliphatic carbocycles. The zero-order valence-electron chi connectivity index (χ0n) is 10.8. The fraction of sp³-hybridized carbons (Fsp3) is 0.182. The summed E-state index contributed by atoms with van der Waals surface area (Å²) < 4.78 is 26.2. The molecule has 0 spiro atoms. The maximum atomic E-state index is 11.9. The van der Waals surface area contributed by atoms with Crippen molar-refractivity contribution < 1.29 is 18.3 Å². The molecule has 0 saturated heterocycles. The molecule has 0 bridgehead atoms. The van der Waals surface area contributed by atoms with Crippen LogP contribution in [0.2, 0.25) is 0 Å². The predicted octanol–water partition coefficient (Wildman–Crippen LogP) is 0.216. The standard InChI is InChI=1S/C11H12N4O4S/c1-14(2)20(18,19)8-3-4-10(12-5-8)15-6-9(11(16)17)13-7-15/h3-7H,1-2H3,(H,16,17). The number of carbonyl (C=O) groups is 1. The van der Waals surface area contributed by atoms with E-state index in [-0.39, 0.29) is 10.6 Å². The summed E-state index contributed by atoms with van der Waals surface area (Å²) in [7, 11) is -0.675. The molecule has 0 aliphatic rings. The highest BCUT2D eigenvalue weighted by molar-refractivity contribution is 7.89.